The molecule has 58 valence electrons. The van der Waals surface area contributed by atoms with Crippen molar-refractivity contribution in [3.8, 4) is 5.75 Å². The lowest BCUT2D eigenvalue weighted by atomic mass is 10.2. The van der Waals surface area contributed by atoms with Crippen molar-refractivity contribution in [1.29, 1.82) is 0 Å². The van der Waals surface area contributed by atoms with Crippen LogP contribution >= 0.6 is 11.6 Å². The smallest absolute Gasteiger partial charge is 0.176 e. The van der Waals surface area contributed by atoms with E-state index in [2.05, 4.69) is 0 Å². The molecule has 4 heteroatoms. The molecular formula is C7H4ClFO2. The summed E-state index contributed by atoms with van der Waals surface area (Å²) in [5, 5.41) is 8.76. The number of rotatable bonds is 1. The maximum Gasteiger partial charge on any atom is 0.176 e. The lowest BCUT2D eigenvalue weighted by Crippen LogP contribution is -1.88. The highest BCUT2D eigenvalue weighted by molar-refractivity contribution is 6.33. The quantitative estimate of drug-likeness (QED) is 0.662. The van der Waals surface area contributed by atoms with E-state index >= 15 is 0 Å². The largest absolute Gasteiger partial charge is 0.505 e. The van der Waals surface area contributed by atoms with Crippen molar-refractivity contribution in [2.24, 2.45) is 0 Å². The van der Waals surface area contributed by atoms with Crippen molar-refractivity contribution >= 4 is 17.9 Å². The second-order valence-corrected chi connectivity index (χ2v) is 2.32. The molecule has 0 aliphatic heterocycles. The van der Waals surface area contributed by atoms with E-state index in [-0.39, 0.29) is 16.9 Å². The Labute approximate surface area is 67.2 Å². The highest BCUT2D eigenvalue weighted by Gasteiger charge is 2.09. The standard InChI is InChI=1S/C7H4ClFO2/c8-5-1-2-6(11)7(9)4(5)3-10/h1-3,11H. The molecule has 1 aromatic carbocycles. The number of aldehydes is 1. The third kappa shape index (κ3) is 1.33. The van der Waals surface area contributed by atoms with Gasteiger partial charge in [-0.3, -0.25) is 4.79 Å². The Balaban J connectivity index is 3.40. The Bertz CT molecular complexity index is 299. The molecular weight excluding hydrogens is 171 g/mol. The van der Waals surface area contributed by atoms with Crippen LogP contribution in [0.3, 0.4) is 0 Å². The van der Waals surface area contributed by atoms with Crippen LogP contribution in [0.5, 0.6) is 5.75 Å². The average Bonchev–Trinajstić information content (AvgIpc) is 1.99. The minimum atomic E-state index is -0.979. The lowest BCUT2D eigenvalue weighted by molar-refractivity contribution is 0.111. The molecule has 0 spiro atoms. The number of carbonyl (C=O) groups is 1. The van der Waals surface area contributed by atoms with Crippen LogP contribution in [0.25, 0.3) is 0 Å². The predicted octanol–water partition coefficient (Wildman–Crippen LogP) is 2.00. The Kier molecular flexibility index (Phi) is 2.10. The number of phenols is 1. The van der Waals surface area contributed by atoms with Gasteiger partial charge in [0.05, 0.1) is 10.6 Å². The van der Waals surface area contributed by atoms with Gasteiger partial charge in [0.25, 0.3) is 0 Å². The highest BCUT2D eigenvalue weighted by Crippen LogP contribution is 2.24. The SMILES string of the molecule is O=Cc1c(Cl)ccc(O)c1F. The second kappa shape index (κ2) is 2.88. The number of phenolic OH excluding ortho intramolecular Hbond substituents is 1. The summed E-state index contributed by atoms with van der Waals surface area (Å²) >= 11 is 5.42. The van der Waals surface area contributed by atoms with E-state index < -0.39 is 11.6 Å². The van der Waals surface area contributed by atoms with Crippen LogP contribution in [0.2, 0.25) is 5.02 Å². The van der Waals surface area contributed by atoms with Gasteiger partial charge in [0.2, 0.25) is 0 Å². The lowest BCUT2D eigenvalue weighted by Gasteiger charge is -1.98. The van der Waals surface area contributed by atoms with Gasteiger partial charge in [-0.25, -0.2) is 4.39 Å². The van der Waals surface area contributed by atoms with Crippen LogP contribution in [0.4, 0.5) is 4.39 Å². The van der Waals surface area contributed by atoms with Gasteiger partial charge in [-0.15, -0.1) is 0 Å². The molecule has 0 amide bonds. The van der Waals surface area contributed by atoms with Crippen LogP contribution in [-0.2, 0) is 0 Å². The van der Waals surface area contributed by atoms with Crippen LogP contribution in [-0.4, -0.2) is 11.4 Å². The molecule has 0 saturated heterocycles. The molecule has 0 aliphatic rings. The highest BCUT2D eigenvalue weighted by atomic mass is 35.5. The van der Waals surface area contributed by atoms with Crippen LogP contribution in [0.1, 0.15) is 10.4 Å². The van der Waals surface area contributed by atoms with Gasteiger partial charge < -0.3 is 5.11 Å². The number of aromatic hydroxyl groups is 1. The van der Waals surface area contributed by atoms with Crippen LogP contribution < -0.4 is 0 Å². The van der Waals surface area contributed by atoms with Gasteiger partial charge in [0.1, 0.15) is 0 Å². The van der Waals surface area contributed by atoms with E-state index in [0.29, 0.717) is 0 Å². The molecule has 11 heavy (non-hydrogen) atoms. The van der Waals surface area contributed by atoms with E-state index in [1.54, 1.807) is 0 Å². The number of halogens is 2. The monoisotopic (exact) mass is 174 g/mol. The average molecular weight is 175 g/mol. The van der Waals surface area contributed by atoms with Gasteiger partial charge in [0.15, 0.2) is 17.9 Å². The van der Waals surface area contributed by atoms with Crippen molar-refractivity contribution in [3.05, 3.63) is 28.5 Å². The third-order valence-corrected chi connectivity index (χ3v) is 1.55. The third-order valence-electron chi connectivity index (χ3n) is 1.22. The Morgan fingerprint density at radius 1 is 1.55 bits per heavy atom. The van der Waals surface area contributed by atoms with E-state index in [9.17, 15) is 9.18 Å². The minimum Gasteiger partial charge on any atom is -0.505 e. The van der Waals surface area contributed by atoms with E-state index in [4.69, 9.17) is 16.7 Å². The maximum absolute atomic E-state index is 12.7. The summed E-state index contributed by atoms with van der Waals surface area (Å²) in [4.78, 5) is 10.2. The molecule has 0 fully saturated rings. The summed E-state index contributed by atoms with van der Waals surface area (Å²) in [6.45, 7) is 0. The molecule has 0 atom stereocenters. The van der Waals surface area contributed by atoms with E-state index in [1.165, 1.54) is 6.07 Å². The first kappa shape index (κ1) is 8.01. The van der Waals surface area contributed by atoms with Crippen molar-refractivity contribution in [3.63, 3.8) is 0 Å². The van der Waals surface area contributed by atoms with Gasteiger partial charge in [-0.2, -0.15) is 0 Å². The number of hydrogen-bond acceptors (Lipinski definition) is 2. The summed E-state index contributed by atoms with van der Waals surface area (Å²) in [5.74, 6) is -1.55. The predicted molar refractivity (Wildman–Crippen MR) is 38.5 cm³/mol. The minimum absolute atomic E-state index is 0.00435. The molecule has 0 aromatic heterocycles. The van der Waals surface area contributed by atoms with Crippen LogP contribution in [0.15, 0.2) is 12.1 Å². The van der Waals surface area contributed by atoms with Gasteiger partial charge >= 0.3 is 0 Å². The molecule has 1 N–H and O–H groups in total. The van der Waals surface area contributed by atoms with Crippen molar-refractivity contribution in [1.82, 2.24) is 0 Å². The first-order valence-corrected chi connectivity index (χ1v) is 3.16. The number of carbonyl (C=O) groups excluding carboxylic acids is 1. The fourth-order valence-corrected chi connectivity index (χ4v) is 0.856. The maximum atomic E-state index is 12.7. The van der Waals surface area contributed by atoms with Gasteiger partial charge in [0, 0.05) is 0 Å². The molecule has 0 aliphatic carbocycles. The summed E-state index contributed by atoms with van der Waals surface area (Å²) in [5.41, 5.74) is -0.313. The zero-order valence-electron chi connectivity index (χ0n) is 5.34. The van der Waals surface area contributed by atoms with Crippen LogP contribution in [0, 0.1) is 5.82 Å². The molecule has 2 nitrogen and oxygen atoms in total. The topological polar surface area (TPSA) is 37.3 Å². The Morgan fingerprint density at radius 2 is 2.18 bits per heavy atom. The molecule has 1 rings (SSSR count). The van der Waals surface area contributed by atoms with Gasteiger partial charge in [-0.1, -0.05) is 11.6 Å². The second-order valence-electron chi connectivity index (χ2n) is 1.91. The molecule has 1 aromatic rings. The first-order chi connectivity index (χ1) is 5.16. The molecule has 0 saturated carbocycles. The summed E-state index contributed by atoms with van der Waals surface area (Å²) in [7, 11) is 0. The molecule has 0 radical (unpaired) electrons. The number of benzene rings is 1. The van der Waals surface area contributed by atoms with E-state index in [0.717, 1.165) is 6.07 Å². The summed E-state index contributed by atoms with van der Waals surface area (Å²) in [6.07, 6.45) is 0.261. The molecule has 0 bridgehead atoms. The Hall–Kier alpha value is -1.09. The zero-order valence-corrected chi connectivity index (χ0v) is 6.10. The van der Waals surface area contributed by atoms with Crippen molar-refractivity contribution in [2.75, 3.05) is 0 Å². The van der Waals surface area contributed by atoms with Crippen molar-refractivity contribution in [2.45, 2.75) is 0 Å². The fraction of sp³-hybridized carbons (Fsp3) is 0. The molecule has 0 heterocycles. The van der Waals surface area contributed by atoms with Gasteiger partial charge in [-0.05, 0) is 12.1 Å². The fourth-order valence-electron chi connectivity index (χ4n) is 0.666. The molecule has 0 unspecified atom stereocenters. The Morgan fingerprint density at radius 3 is 2.64 bits per heavy atom. The van der Waals surface area contributed by atoms with Crippen molar-refractivity contribution < 1.29 is 14.3 Å². The first-order valence-electron chi connectivity index (χ1n) is 2.79. The summed E-state index contributed by atoms with van der Waals surface area (Å²) < 4.78 is 12.7. The number of hydrogen-bond donors (Lipinski definition) is 1. The normalized spacial score (nSPS) is 9.64. The zero-order chi connectivity index (χ0) is 8.43. The summed E-state index contributed by atoms with van der Waals surface area (Å²) in [6, 6.07) is 2.34. The van der Waals surface area contributed by atoms with E-state index in [1.807, 2.05) is 0 Å².